The molecule has 0 bridgehead atoms. The summed E-state index contributed by atoms with van der Waals surface area (Å²) in [6.07, 6.45) is 0. The Morgan fingerprint density at radius 3 is 2.12 bits per heavy atom. The van der Waals surface area contributed by atoms with Crippen LogP contribution < -0.4 is 14.2 Å². The summed E-state index contributed by atoms with van der Waals surface area (Å²) in [6, 6.07) is 15.7. The molecule has 4 aromatic rings. The van der Waals surface area contributed by atoms with Crippen molar-refractivity contribution in [3.63, 3.8) is 0 Å². The predicted octanol–water partition coefficient (Wildman–Crippen LogP) is 4.23. The Labute approximate surface area is 191 Å². The molecule has 0 aliphatic heterocycles. The van der Waals surface area contributed by atoms with E-state index in [0.29, 0.717) is 34.1 Å². The highest BCUT2D eigenvalue weighted by Gasteiger charge is 2.24. The highest BCUT2D eigenvalue weighted by molar-refractivity contribution is 7.92. The molecule has 0 saturated heterocycles. The van der Waals surface area contributed by atoms with Crippen molar-refractivity contribution in [3.05, 3.63) is 65.9 Å². The largest absolute Gasteiger partial charge is 0.481 e. The quantitative estimate of drug-likeness (QED) is 0.430. The molecule has 170 valence electrons. The molecule has 9 nitrogen and oxygen atoms in total. The van der Waals surface area contributed by atoms with Crippen molar-refractivity contribution >= 4 is 15.9 Å². The van der Waals surface area contributed by atoms with Crippen LogP contribution in [0.1, 0.15) is 11.3 Å². The van der Waals surface area contributed by atoms with E-state index in [-0.39, 0.29) is 16.6 Å². The van der Waals surface area contributed by atoms with E-state index < -0.39 is 10.0 Å². The smallest absolute Gasteiger partial charge is 0.264 e. The average molecular weight is 467 g/mol. The van der Waals surface area contributed by atoms with Crippen molar-refractivity contribution in [1.29, 1.82) is 0 Å². The van der Waals surface area contributed by atoms with Crippen LogP contribution in [0.25, 0.3) is 22.5 Å². The van der Waals surface area contributed by atoms with Crippen LogP contribution in [0.3, 0.4) is 0 Å². The maximum Gasteiger partial charge on any atom is 0.264 e. The van der Waals surface area contributed by atoms with Crippen LogP contribution in [-0.4, -0.2) is 37.8 Å². The number of ether oxygens (including phenoxy) is 2. The van der Waals surface area contributed by atoms with Crippen LogP contribution in [0.15, 0.2) is 64.0 Å². The molecule has 0 fully saturated rings. The third-order valence-corrected chi connectivity index (χ3v) is 6.47. The number of benzene rings is 2. The van der Waals surface area contributed by atoms with Gasteiger partial charge in [-0.1, -0.05) is 47.6 Å². The molecule has 0 amide bonds. The number of methoxy groups -OCH3 is 2. The zero-order chi connectivity index (χ0) is 23.6. The van der Waals surface area contributed by atoms with E-state index >= 15 is 0 Å². The molecule has 0 aliphatic carbocycles. The average Bonchev–Trinajstić information content (AvgIpc) is 3.15. The lowest BCUT2D eigenvalue weighted by molar-refractivity contribution is 0.372. The summed E-state index contributed by atoms with van der Waals surface area (Å²) in [7, 11) is -1.11. The molecule has 1 N–H and O–H groups in total. The van der Waals surface area contributed by atoms with Crippen molar-refractivity contribution in [2.45, 2.75) is 18.7 Å². The number of nitrogens with one attached hydrogen (secondary N) is 1. The number of hydrogen-bond acceptors (Lipinski definition) is 8. The highest BCUT2D eigenvalue weighted by Crippen LogP contribution is 2.33. The number of aromatic nitrogens is 3. The lowest BCUT2D eigenvalue weighted by Crippen LogP contribution is -2.14. The summed E-state index contributed by atoms with van der Waals surface area (Å²) in [5.74, 6) is 0.906. The first-order valence-electron chi connectivity index (χ1n) is 9.95. The first kappa shape index (κ1) is 22.3. The number of nitrogens with zero attached hydrogens (tertiary/aromatic N) is 3. The molecule has 33 heavy (non-hydrogen) atoms. The molecule has 2 aromatic heterocycles. The molecule has 2 heterocycles. The van der Waals surface area contributed by atoms with Crippen LogP contribution >= 0.6 is 0 Å². The fraction of sp³-hybridized carbons (Fsp3) is 0.174. The third-order valence-electron chi connectivity index (χ3n) is 5.10. The van der Waals surface area contributed by atoms with Gasteiger partial charge in [-0.05, 0) is 25.5 Å². The third kappa shape index (κ3) is 4.51. The van der Waals surface area contributed by atoms with E-state index in [0.717, 1.165) is 5.56 Å². The van der Waals surface area contributed by atoms with E-state index in [1.54, 1.807) is 26.0 Å². The minimum Gasteiger partial charge on any atom is -0.481 e. The second-order valence-corrected chi connectivity index (χ2v) is 8.83. The maximum atomic E-state index is 13.5. The minimum atomic E-state index is -4.06. The Morgan fingerprint density at radius 2 is 1.55 bits per heavy atom. The molecule has 2 aromatic carbocycles. The molecule has 0 saturated carbocycles. The Hall–Kier alpha value is -3.92. The van der Waals surface area contributed by atoms with Gasteiger partial charge in [0.1, 0.15) is 0 Å². The normalized spacial score (nSPS) is 11.3. The summed E-state index contributed by atoms with van der Waals surface area (Å²) in [6.45, 7) is 3.47. The van der Waals surface area contributed by atoms with Crippen molar-refractivity contribution in [1.82, 2.24) is 15.1 Å². The van der Waals surface area contributed by atoms with Gasteiger partial charge in [0.25, 0.3) is 10.0 Å². The summed E-state index contributed by atoms with van der Waals surface area (Å²) in [5.41, 5.74) is 2.92. The second-order valence-electron chi connectivity index (χ2n) is 7.18. The summed E-state index contributed by atoms with van der Waals surface area (Å²) >= 11 is 0. The fourth-order valence-corrected chi connectivity index (χ4v) is 4.47. The number of sulfonamides is 1. The molecule has 4 rings (SSSR count). The summed E-state index contributed by atoms with van der Waals surface area (Å²) < 4.78 is 45.1. The summed E-state index contributed by atoms with van der Waals surface area (Å²) in [4.78, 5) is 8.71. The number of aryl methyl sites for hydroxylation is 1. The van der Waals surface area contributed by atoms with Crippen molar-refractivity contribution in [3.8, 4) is 34.3 Å². The van der Waals surface area contributed by atoms with Gasteiger partial charge in [-0.15, -0.1) is 0 Å². The van der Waals surface area contributed by atoms with Crippen molar-refractivity contribution in [2.75, 3.05) is 18.9 Å². The van der Waals surface area contributed by atoms with Gasteiger partial charge in [0, 0.05) is 16.7 Å². The Morgan fingerprint density at radius 1 is 0.879 bits per heavy atom. The SMILES string of the molecule is COc1cc(OC)nc(-c2ccc(-c3ccccc3)c(S(=O)(=O)Nc3onc(C)c3C)c2)n1. The van der Waals surface area contributed by atoms with Crippen molar-refractivity contribution < 1.29 is 22.4 Å². The molecule has 0 aliphatic rings. The molecule has 0 radical (unpaired) electrons. The van der Waals surface area contributed by atoms with Crippen LogP contribution in [0.2, 0.25) is 0 Å². The maximum absolute atomic E-state index is 13.5. The highest BCUT2D eigenvalue weighted by atomic mass is 32.2. The number of hydrogen-bond donors (Lipinski definition) is 1. The standard InChI is InChI=1S/C23H22N4O5S/c1-14-15(2)26-32-23(14)27-33(28,29)19-12-17(10-11-18(19)16-8-6-5-7-9-16)22-24-20(30-3)13-21(25-22)31-4/h5-13,27H,1-4H3. The first-order valence-corrected chi connectivity index (χ1v) is 11.4. The summed E-state index contributed by atoms with van der Waals surface area (Å²) in [5, 5.41) is 3.83. The van der Waals surface area contributed by atoms with Gasteiger partial charge >= 0.3 is 0 Å². The molecule has 0 spiro atoms. The lowest BCUT2D eigenvalue weighted by Gasteiger charge is -2.14. The predicted molar refractivity (Wildman–Crippen MR) is 123 cm³/mol. The molecule has 0 unspecified atom stereocenters. The van der Waals surface area contributed by atoms with Crippen LogP contribution in [0.4, 0.5) is 5.88 Å². The Bertz CT molecular complexity index is 1380. The van der Waals surface area contributed by atoms with Crippen LogP contribution in [-0.2, 0) is 10.0 Å². The number of anilines is 1. The van der Waals surface area contributed by atoms with Gasteiger partial charge in [-0.2, -0.15) is 9.97 Å². The van der Waals surface area contributed by atoms with E-state index in [2.05, 4.69) is 19.8 Å². The molecular weight excluding hydrogens is 444 g/mol. The van der Waals surface area contributed by atoms with Gasteiger partial charge in [-0.3, -0.25) is 0 Å². The van der Waals surface area contributed by atoms with E-state index in [1.807, 2.05) is 30.3 Å². The Kier molecular flexibility index (Phi) is 6.01. The van der Waals surface area contributed by atoms with E-state index in [4.69, 9.17) is 14.0 Å². The van der Waals surface area contributed by atoms with Gasteiger partial charge in [0.15, 0.2) is 5.82 Å². The van der Waals surface area contributed by atoms with Gasteiger partial charge in [0.05, 0.1) is 30.9 Å². The molecule has 0 atom stereocenters. The topological polar surface area (TPSA) is 116 Å². The second kappa shape index (κ2) is 8.91. The Balaban J connectivity index is 1.89. The van der Waals surface area contributed by atoms with Crippen LogP contribution in [0, 0.1) is 13.8 Å². The van der Waals surface area contributed by atoms with Crippen molar-refractivity contribution in [2.24, 2.45) is 0 Å². The van der Waals surface area contributed by atoms with Gasteiger partial charge in [-0.25, -0.2) is 13.1 Å². The fourth-order valence-electron chi connectivity index (χ4n) is 3.17. The zero-order valence-electron chi connectivity index (χ0n) is 18.5. The van der Waals surface area contributed by atoms with Gasteiger partial charge < -0.3 is 14.0 Å². The van der Waals surface area contributed by atoms with Crippen LogP contribution in [0.5, 0.6) is 11.8 Å². The van der Waals surface area contributed by atoms with Gasteiger partial charge in [0.2, 0.25) is 17.6 Å². The zero-order valence-corrected chi connectivity index (χ0v) is 19.3. The minimum absolute atomic E-state index is 0.0324. The first-order chi connectivity index (χ1) is 15.8. The lowest BCUT2D eigenvalue weighted by atomic mass is 10.0. The van der Waals surface area contributed by atoms with E-state index in [1.165, 1.54) is 26.4 Å². The molecular formula is C23H22N4O5S. The monoisotopic (exact) mass is 466 g/mol. The number of rotatable bonds is 7. The molecule has 10 heteroatoms. The van der Waals surface area contributed by atoms with E-state index in [9.17, 15) is 8.42 Å².